The van der Waals surface area contributed by atoms with Gasteiger partial charge in [0.15, 0.2) is 14.1 Å². The molecule has 0 aromatic carbocycles. The molecule has 0 N–H and O–H groups in total. The largest absolute Gasteiger partial charge is 0.469 e. The second-order valence-electron chi connectivity index (χ2n) is 6.78. The molecule has 0 radical (unpaired) electrons. The molecule has 0 unspecified atom stereocenters. The molecule has 0 aromatic heterocycles. The lowest BCUT2D eigenvalue weighted by Crippen LogP contribution is -2.44. The Hall–Kier alpha value is -0.983. The van der Waals surface area contributed by atoms with E-state index in [4.69, 9.17) is 9.16 Å². The molecule has 0 bridgehead atoms. The standard InChI is InChI=1S/C15H26O5Si/c1-15(2,3)21(5,6)19-10-11-7-8-12(16)13(20-11)9-14(17)18-4/h7-8,11,13H,9-10H2,1-6H3/t11-,13-/m0/s1. The summed E-state index contributed by atoms with van der Waals surface area (Å²) < 4.78 is 16.3. The van der Waals surface area contributed by atoms with Gasteiger partial charge in [-0.3, -0.25) is 9.59 Å². The number of hydrogen-bond acceptors (Lipinski definition) is 5. The van der Waals surface area contributed by atoms with Crippen LogP contribution in [-0.4, -0.2) is 46.0 Å². The zero-order valence-corrected chi connectivity index (χ0v) is 14.8. The quantitative estimate of drug-likeness (QED) is 0.576. The highest BCUT2D eigenvalue weighted by Gasteiger charge is 2.38. The van der Waals surface area contributed by atoms with E-state index >= 15 is 0 Å². The summed E-state index contributed by atoms with van der Waals surface area (Å²) in [6, 6.07) is 0. The van der Waals surface area contributed by atoms with Crippen molar-refractivity contribution < 1.29 is 23.5 Å². The lowest BCUT2D eigenvalue weighted by Gasteiger charge is -2.37. The van der Waals surface area contributed by atoms with Crippen molar-refractivity contribution in [2.75, 3.05) is 13.7 Å². The van der Waals surface area contributed by atoms with Crippen LogP contribution < -0.4 is 0 Å². The minimum Gasteiger partial charge on any atom is -0.469 e. The molecule has 1 heterocycles. The lowest BCUT2D eigenvalue weighted by molar-refractivity contribution is -0.149. The first-order valence-corrected chi connectivity index (χ1v) is 10.1. The average Bonchev–Trinajstić information content (AvgIpc) is 2.38. The minimum absolute atomic E-state index is 0.0593. The zero-order valence-electron chi connectivity index (χ0n) is 13.8. The van der Waals surface area contributed by atoms with Crippen molar-refractivity contribution >= 4 is 20.1 Å². The summed E-state index contributed by atoms with van der Waals surface area (Å²) >= 11 is 0. The summed E-state index contributed by atoms with van der Waals surface area (Å²) in [5.41, 5.74) is 0. The van der Waals surface area contributed by atoms with Gasteiger partial charge in [-0.2, -0.15) is 0 Å². The van der Waals surface area contributed by atoms with E-state index in [9.17, 15) is 9.59 Å². The van der Waals surface area contributed by atoms with Crippen LogP contribution in [0.2, 0.25) is 18.1 Å². The number of rotatable bonds is 5. The van der Waals surface area contributed by atoms with E-state index in [0.29, 0.717) is 6.61 Å². The normalized spacial score (nSPS) is 23.2. The molecule has 5 nitrogen and oxygen atoms in total. The Bertz CT molecular complexity index is 422. The first kappa shape index (κ1) is 18.1. The highest BCUT2D eigenvalue weighted by atomic mass is 28.4. The number of esters is 1. The molecule has 0 amide bonds. The molecular weight excluding hydrogens is 288 g/mol. The van der Waals surface area contributed by atoms with Gasteiger partial charge in [-0.05, 0) is 30.3 Å². The first-order chi connectivity index (χ1) is 9.56. The van der Waals surface area contributed by atoms with E-state index in [1.165, 1.54) is 13.2 Å². The zero-order chi connectivity index (χ0) is 16.3. The number of ether oxygens (including phenoxy) is 2. The maximum atomic E-state index is 11.7. The fraction of sp³-hybridized carbons (Fsp3) is 0.733. The Balaban J connectivity index is 2.60. The third-order valence-corrected chi connectivity index (χ3v) is 8.63. The van der Waals surface area contributed by atoms with Crippen LogP contribution in [0.4, 0.5) is 0 Å². The van der Waals surface area contributed by atoms with Gasteiger partial charge in [0.25, 0.3) is 0 Å². The highest BCUT2D eigenvalue weighted by molar-refractivity contribution is 6.74. The number of carbonyl (C=O) groups is 2. The second kappa shape index (κ2) is 6.85. The molecule has 21 heavy (non-hydrogen) atoms. The Kier molecular flexibility index (Phi) is 5.89. The minimum atomic E-state index is -1.86. The fourth-order valence-corrected chi connectivity index (χ4v) is 2.63. The Labute approximate surface area is 127 Å². The van der Waals surface area contributed by atoms with Gasteiger partial charge in [0.2, 0.25) is 0 Å². The SMILES string of the molecule is COC(=O)C[C@@H]1O[C@H](CO[Si](C)(C)C(C)(C)C)C=CC1=O. The second-order valence-corrected chi connectivity index (χ2v) is 11.6. The van der Waals surface area contributed by atoms with Gasteiger partial charge in [0.05, 0.1) is 26.2 Å². The van der Waals surface area contributed by atoms with Gasteiger partial charge < -0.3 is 13.9 Å². The fourth-order valence-electron chi connectivity index (χ4n) is 1.62. The highest BCUT2D eigenvalue weighted by Crippen LogP contribution is 2.36. The van der Waals surface area contributed by atoms with Crippen molar-refractivity contribution in [1.29, 1.82) is 0 Å². The van der Waals surface area contributed by atoms with Crippen molar-refractivity contribution in [1.82, 2.24) is 0 Å². The summed E-state index contributed by atoms with van der Waals surface area (Å²) in [5, 5.41) is 0.118. The topological polar surface area (TPSA) is 61.8 Å². The van der Waals surface area contributed by atoms with Crippen molar-refractivity contribution in [3.63, 3.8) is 0 Å². The maximum Gasteiger partial charge on any atom is 0.308 e. The lowest BCUT2D eigenvalue weighted by atomic mass is 10.1. The molecule has 1 rings (SSSR count). The molecule has 0 fully saturated rings. The third kappa shape index (κ3) is 5.05. The molecule has 0 aromatic rings. The van der Waals surface area contributed by atoms with Crippen molar-refractivity contribution in [2.45, 2.75) is 57.5 Å². The summed E-state index contributed by atoms with van der Waals surface area (Å²) in [7, 11) is -0.562. The van der Waals surface area contributed by atoms with Crippen LogP contribution in [0, 0.1) is 0 Å². The van der Waals surface area contributed by atoms with Gasteiger partial charge in [0.1, 0.15) is 6.10 Å². The Morgan fingerprint density at radius 2 is 2.00 bits per heavy atom. The van der Waals surface area contributed by atoms with Crippen molar-refractivity contribution in [3.8, 4) is 0 Å². The summed E-state index contributed by atoms with van der Waals surface area (Å²) in [4.78, 5) is 23.0. The van der Waals surface area contributed by atoms with Crippen LogP contribution in [0.25, 0.3) is 0 Å². The van der Waals surface area contributed by atoms with Crippen LogP contribution in [-0.2, 0) is 23.5 Å². The predicted octanol–water partition coefficient (Wildman–Crippen LogP) is 2.46. The van der Waals surface area contributed by atoms with Crippen LogP contribution in [0.3, 0.4) is 0 Å². The van der Waals surface area contributed by atoms with E-state index in [1.807, 2.05) is 0 Å². The van der Waals surface area contributed by atoms with E-state index in [-0.39, 0.29) is 23.3 Å². The first-order valence-electron chi connectivity index (χ1n) is 7.15. The number of hydrogen-bond donors (Lipinski definition) is 0. The summed E-state index contributed by atoms with van der Waals surface area (Å²) in [6.07, 6.45) is 2.04. The van der Waals surface area contributed by atoms with Crippen molar-refractivity contribution in [2.24, 2.45) is 0 Å². The molecule has 6 heteroatoms. The third-order valence-electron chi connectivity index (χ3n) is 4.13. The van der Waals surface area contributed by atoms with Crippen LogP contribution in [0.5, 0.6) is 0 Å². The van der Waals surface area contributed by atoms with E-state index in [1.54, 1.807) is 6.08 Å². The van der Waals surface area contributed by atoms with Crippen LogP contribution >= 0.6 is 0 Å². The monoisotopic (exact) mass is 314 g/mol. The maximum absolute atomic E-state index is 11.7. The number of methoxy groups -OCH3 is 1. The van der Waals surface area contributed by atoms with Gasteiger partial charge >= 0.3 is 5.97 Å². The van der Waals surface area contributed by atoms with Crippen LogP contribution in [0.1, 0.15) is 27.2 Å². The Morgan fingerprint density at radius 3 is 2.52 bits per heavy atom. The molecule has 2 atom stereocenters. The number of carbonyl (C=O) groups excluding carboxylic acids is 2. The van der Waals surface area contributed by atoms with Gasteiger partial charge in [-0.1, -0.05) is 20.8 Å². The van der Waals surface area contributed by atoms with Crippen LogP contribution in [0.15, 0.2) is 12.2 Å². The van der Waals surface area contributed by atoms with Gasteiger partial charge in [-0.15, -0.1) is 0 Å². The predicted molar refractivity (Wildman–Crippen MR) is 82.6 cm³/mol. The molecule has 1 aliphatic rings. The molecule has 120 valence electrons. The molecule has 0 saturated heterocycles. The summed E-state index contributed by atoms with van der Waals surface area (Å²) in [6.45, 7) is 11.2. The van der Waals surface area contributed by atoms with Gasteiger partial charge in [0, 0.05) is 0 Å². The average molecular weight is 314 g/mol. The van der Waals surface area contributed by atoms with E-state index < -0.39 is 20.4 Å². The molecule has 0 saturated carbocycles. The molecular formula is C15H26O5Si. The van der Waals surface area contributed by atoms with Crippen molar-refractivity contribution in [3.05, 3.63) is 12.2 Å². The van der Waals surface area contributed by atoms with E-state index in [0.717, 1.165) is 0 Å². The molecule has 0 spiro atoms. The summed E-state index contributed by atoms with van der Waals surface area (Å²) in [5.74, 6) is -0.656. The smallest absolute Gasteiger partial charge is 0.308 e. The number of ketones is 1. The Morgan fingerprint density at radius 1 is 1.38 bits per heavy atom. The molecule has 1 aliphatic heterocycles. The molecule has 0 aliphatic carbocycles. The van der Waals surface area contributed by atoms with Gasteiger partial charge in [-0.25, -0.2) is 0 Å². The van der Waals surface area contributed by atoms with E-state index in [2.05, 4.69) is 38.6 Å².